The second-order valence-corrected chi connectivity index (χ2v) is 8.53. The molecule has 2 unspecified atom stereocenters. The van der Waals surface area contributed by atoms with E-state index in [-0.39, 0.29) is 32.8 Å². The van der Waals surface area contributed by atoms with E-state index in [1.54, 1.807) is 10.8 Å². The molecule has 30 heavy (non-hydrogen) atoms. The van der Waals surface area contributed by atoms with Crippen molar-refractivity contribution >= 4 is 35.0 Å². The molecule has 2 aromatic heterocycles. The third kappa shape index (κ3) is 3.02. The van der Waals surface area contributed by atoms with Crippen molar-refractivity contribution in [1.82, 2.24) is 9.55 Å². The fourth-order valence-electron chi connectivity index (χ4n) is 4.35. The van der Waals surface area contributed by atoms with Crippen molar-refractivity contribution in [3.8, 4) is 5.69 Å². The van der Waals surface area contributed by atoms with Gasteiger partial charge in [0.15, 0.2) is 5.78 Å². The number of halogens is 3. The summed E-state index contributed by atoms with van der Waals surface area (Å²) >= 11 is 12.4. The van der Waals surface area contributed by atoms with Gasteiger partial charge in [-0.3, -0.25) is 4.79 Å². The SMILES string of the molecule is O=C(O)c1ccc(-n2cc(C(=O)c3c(Cl)ccnc3Cl)c3c2CC2CC2C3)c(F)c1. The van der Waals surface area contributed by atoms with E-state index < -0.39 is 11.8 Å². The van der Waals surface area contributed by atoms with Gasteiger partial charge in [-0.05, 0) is 60.9 Å². The van der Waals surface area contributed by atoms with Crippen molar-refractivity contribution in [1.29, 1.82) is 0 Å². The quantitative estimate of drug-likeness (QED) is 0.454. The Morgan fingerprint density at radius 1 is 1.17 bits per heavy atom. The van der Waals surface area contributed by atoms with E-state index >= 15 is 0 Å². The van der Waals surface area contributed by atoms with Crippen LogP contribution in [0.25, 0.3) is 5.69 Å². The summed E-state index contributed by atoms with van der Waals surface area (Å²) in [7, 11) is 0. The lowest BCUT2D eigenvalue weighted by molar-refractivity contribution is 0.0696. The number of pyridine rings is 1. The lowest BCUT2D eigenvalue weighted by atomic mass is 9.92. The average molecular weight is 445 g/mol. The molecule has 2 aliphatic rings. The van der Waals surface area contributed by atoms with Crippen LogP contribution in [-0.4, -0.2) is 26.4 Å². The van der Waals surface area contributed by atoms with Crippen LogP contribution >= 0.6 is 23.2 Å². The van der Waals surface area contributed by atoms with Gasteiger partial charge in [-0.1, -0.05) is 23.2 Å². The maximum Gasteiger partial charge on any atom is 0.335 e. The van der Waals surface area contributed by atoms with Crippen LogP contribution in [0.5, 0.6) is 0 Å². The smallest absolute Gasteiger partial charge is 0.335 e. The fraction of sp³-hybridized carbons (Fsp3) is 0.227. The molecule has 1 aromatic carbocycles. The van der Waals surface area contributed by atoms with Crippen LogP contribution < -0.4 is 0 Å². The number of nitrogens with zero attached hydrogens (tertiary/aromatic N) is 2. The minimum absolute atomic E-state index is 0.0195. The van der Waals surface area contributed by atoms with Gasteiger partial charge in [-0.25, -0.2) is 14.2 Å². The number of aromatic carboxylic acids is 1. The largest absolute Gasteiger partial charge is 0.478 e. The van der Waals surface area contributed by atoms with Gasteiger partial charge in [0.25, 0.3) is 0 Å². The van der Waals surface area contributed by atoms with Crippen molar-refractivity contribution in [3.05, 3.63) is 80.6 Å². The van der Waals surface area contributed by atoms with Gasteiger partial charge in [0.2, 0.25) is 0 Å². The summed E-state index contributed by atoms with van der Waals surface area (Å²) in [5.41, 5.74) is 2.36. The number of aromatic nitrogens is 2. The van der Waals surface area contributed by atoms with Gasteiger partial charge in [-0.15, -0.1) is 0 Å². The number of fused-ring (bicyclic) bond motifs is 2. The van der Waals surface area contributed by atoms with E-state index in [1.165, 1.54) is 24.4 Å². The normalized spacial score (nSPS) is 19.2. The molecule has 152 valence electrons. The highest BCUT2D eigenvalue weighted by Gasteiger charge is 2.44. The highest BCUT2D eigenvalue weighted by atomic mass is 35.5. The number of hydrogen-bond donors (Lipinski definition) is 1. The lowest BCUT2D eigenvalue weighted by Crippen LogP contribution is -2.12. The maximum atomic E-state index is 14.8. The molecule has 5 rings (SSSR count). The first-order chi connectivity index (χ1) is 14.3. The number of benzene rings is 1. The molecule has 5 nitrogen and oxygen atoms in total. The van der Waals surface area contributed by atoms with Gasteiger partial charge >= 0.3 is 5.97 Å². The van der Waals surface area contributed by atoms with E-state index in [1.807, 2.05) is 0 Å². The summed E-state index contributed by atoms with van der Waals surface area (Å²) in [4.78, 5) is 28.5. The number of rotatable bonds is 4. The molecule has 0 aliphatic heterocycles. The minimum atomic E-state index is -1.20. The Balaban J connectivity index is 1.67. The first-order valence-electron chi connectivity index (χ1n) is 9.46. The van der Waals surface area contributed by atoms with Gasteiger partial charge in [0.05, 0.1) is 21.8 Å². The Bertz CT molecular complexity index is 1220. The molecular weight excluding hydrogens is 430 g/mol. The molecule has 8 heteroatoms. The fourth-order valence-corrected chi connectivity index (χ4v) is 4.88. The standard InChI is InChI=1S/C22H15Cl2FN2O3/c23-15-3-4-26-21(24)19(15)20(28)14-9-27(18-8-12-5-11(12)6-13(14)18)17-2-1-10(22(29)30)7-16(17)25/h1-4,7,9,11-12H,5-6,8H2,(H,29,30). The summed E-state index contributed by atoms with van der Waals surface area (Å²) in [6.07, 6.45) is 5.59. The summed E-state index contributed by atoms with van der Waals surface area (Å²) in [6, 6.07) is 5.27. The van der Waals surface area contributed by atoms with E-state index in [9.17, 15) is 14.0 Å². The minimum Gasteiger partial charge on any atom is -0.478 e. The Morgan fingerprint density at radius 2 is 1.93 bits per heavy atom. The second-order valence-electron chi connectivity index (χ2n) is 7.76. The number of hydrogen-bond acceptors (Lipinski definition) is 3. The number of carboxylic acid groups (broad SMARTS) is 1. The topological polar surface area (TPSA) is 72.2 Å². The van der Waals surface area contributed by atoms with Crippen LogP contribution in [0.15, 0.2) is 36.7 Å². The Hall–Kier alpha value is -2.70. The second kappa shape index (κ2) is 6.93. The van der Waals surface area contributed by atoms with E-state index in [2.05, 4.69) is 4.98 Å². The molecular formula is C22H15Cl2FN2O3. The Morgan fingerprint density at radius 3 is 2.63 bits per heavy atom. The molecule has 0 spiro atoms. The molecule has 1 saturated carbocycles. The van der Waals surface area contributed by atoms with Crippen LogP contribution in [0.1, 0.15) is 44.0 Å². The molecule has 3 aromatic rings. The monoisotopic (exact) mass is 444 g/mol. The molecule has 0 amide bonds. The van der Waals surface area contributed by atoms with Crippen molar-refractivity contribution < 1.29 is 19.1 Å². The summed E-state index contributed by atoms with van der Waals surface area (Å²) < 4.78 is 16.5. The van der Waals surface area contributed by atoms with Crippen molar-refractivity contribution in [2.75, 3.05) is 0 Å². The van der Waals surface area contributed by atoms with Gasteiger partial charge in [0, 0.05) is 23.7 Å². The van der Waals surface area contributed by atoms with E-state index in [4.69, 9.17) is 28.3 Å². The van der Waals surface area contributed by atoms with Crippen molar-refractivity contribution in [2.24, 2.45) is 11.8 Å². The van der Waals surface area contributed by atoms with Crippen LogP contribution in [0.3, 0.4) is 0 Å². The summed E-state index contributed by atoms with van der Waals surface area (Å²) in [6.45, 7) is 0. The first kappa shape index (κ1) is 19.3. The zero-order valence-corrected chi connectivity index (χ0v) is 17.0. The van der Waals surface area contributed by atoms with Gasteiger partial charge in [-0.2, -0.15) is 0 Å². The van der Waals surface area contributed by atoms with Crippen molar-refractivity contribution in [3.63, 3.8) is 0 Å². The Labute approximate surface area is 181 Å². The molecule has 2 heterocycles. The third-order valence-electron chi connectivity index (χ3n) is 5.99. The summed E-state index contributed by atoms with van der Waals surface area (Å²) in [5.74, 6) is -1.16. The van der Waals surface area contributed by atoms with Crippen LogP contribution in [0.4, 0.5) is 4.39 Å². The summed E-state index contributed by atoms with van der Waals surface area (Å²) in [5, 5.41) is 9.34. The lowest BCUT2D eigenvalue weighted by Gasteiger charge is -2.16. The predicted octanol–water partition coefficient (Wildman–Crippen LogP) is 4.98. The third-order valence-corrected chi connectivity index (χ3v) is 6.59. The zero-order chi connectivity index (χ0) is 21.2. The van der Waals surface area contributed by atoms with E-state index in [0.717, 1.165) is 36.6 Å². The van der Waals surface area contributed by atoms with Gasteiger partial charge in [0.1, 0.15) is 11.0 Å². The molecule has 1 N–H and O–H groups in total. The first-order valence-corrected chi connectivity index (χ1v) is 10.2. The number of ketones is 1. The molecule has 2 aliphatic carbocycles. The predicted molar refractivity (Wildman–Crippen MR) is 109 cm³/mol. The van der Waals surface area contributed by atoms with Crippen LogP contribution in [0, 0.1) is 17.7 Å². The molecule has 0 saturated heterocycles. The zero-order valence-electron chi connectivity index (χ0n) is 15.5. The van der Waals surface area contributed by atoms with Crippen LogP contribution in [0.2, 0.25) is 10.2 Å². The molecule has 1 fully saturated rings. The number of carboxylic acids is 1. The number of carbonyl (C=O) groups is 2. The average Bonchev–Trinajstić information content (AvgIpc) is 3.37. The molecule has 0 bridgehead atoms. The van der Waals surface area contributed by atoms with E-state index in [0.29, 0.717) is 17.4 Å². The molecule has 0 radical (unpaired) electrons. The molecule has 2 atom stereocenters. The van der Waals surface area contributed by atoms with Crippen LogP contribution in [-0.2, 0) is 12.8 Å². The Kier molecular flexibility index (Phi) is 4.45. The van der Waals surface area contributed by atoms with Crippen molar-refractivity contribution in [2.45, 2.75) is 19.3 Å². The maximum absolute atomic E-state index is 14.8. The highest BCUT2D eigenvalue weighted by molar-refractivity contribution is 6.40. The highest BCUT2D eigenvalue weighted by Crippen LogP contribution is 2.50. The van der Waals surface area contributed by atoms with Gasteiger partial charge < -0.3 is 9.67 Å². The number of carbonyl (C=O) groups excluding carboxylic acids is 1.